The fourth-order valence-corrected chi connectivity index (χ4v) is 3.97. The molecule has 1 aromatic carbocycles. The van der Waals surface area contributed by atoms with E-state index in [-0.39, 0.29) is 5.91 Å². The van der Waals surface area contributed by atoms with Crippen molar-refractivity contribution in [1.82, 2.24) is 19.8 Å². The fourth-order valence-electron chi connectivity index (χ4n) is 3.97. The predicted octanol–water partition coefficient (Wildman–Crippen LogP) is 2.91. The molecule has 1 aromatic heterocycles. The number of likely N-dealkylation sites (tertiary alicyclic amines) is 1. The minimum atomic E-state index is 0.0349. The van der Waals surface area contributed by atoms with Crippen molar-refractivity contribution in [1.29, 1.82) is 0 Å². The van der Waals surface area contributed by atoms with E-state index >= 15 is 0 Å². The Bertz CT molecular complexity index is 796. The van der Waals surface area contributed by atoms with Crippen LogP contribution >= 0.6 is 0 Å². The van der Waals surface area contributed by atoms with E-state index in [4.69, 9.17) is 4.98 Å². The van der Waals surface area contributed by atoms with Crippen molar-refractivity contribution in [3.63, 3.8) is 0 Å². The number of hydrogen-bond donors (Lipinski definition) is 0. The third kappa shape index (κ3) is 4.17. The number of piperidine rings is 1. The lowest BCUT2D eigenvalue weighted by Crippen LogP contribution is -2.46. The summed E-state index contributed by atoms with van der Waals surface area (Å²) in [5.41, 5.74) is 1.47. The molecule has 3 heterocycles. The molecule has 148 valence electrons. The highest BCUT2D eigenvalue weighted by Crippen LogP contribution is 2.23. The van der Waals surface area contributed by atoms with Crippen molar-refractivity contribution >= 4 is 11.7 Å². The van der Waals surface area contributed by atoms with Crippen LogP contribution in [-0.2, 0) is 0 Å². The van der Waals surface area contributed by atoms with Crippen LogP contribution in [0.1, 0.15) is 36.7 Å². The molecule has 0 N–H and O–H groups in total. The molecule has 2 aliphatic rings. The molecule has 0 spiro atoms. The highest BCUT2D eigenvalue weighted by Gasteiger charge is 2.24. The molecule has 0 unspecified atom stereocenters. The number of piperazine rings is 1. The van der Waals surface area contributed by atoms with Gasteiger partial charge >= 0.3 is 0 Å². The zero-order valence-corrected chi connectivity index (χ0v) is 16.7. The van der Waals surface area contributed by atoms with Crippen LogP contribution in [0.25, 0.3) is 11.4 Å². The average Bonchev–Trinajstić information content (AvgIpc) is 2.79. The lowest BCUT2D eigenvalue weighted by atomic mass is 10.1. The molecule has 2 aliphatic heterocycles. The predicted molar refractivity (Wildman–Crippen MR) is 112 cm³/mol. The number of carbonyl (C=O) groups is 1. The van der Waals surface area contributed by atoms with Gasteiger partial charge in [-0.3, -0.25) is 4.79 Å². The molecular formula is C22H29N5O. The van der Waals surface area contributed by atoms with Crippen LogP contribution in [0.4, 0.5) is 5.82 Å². The van der Waals surface area contributed by atoms with Gasteiger partial charge in [-0.15, -0.1) is 0 Å². The summed E-state index contributed by atoms with van der Waals surface area (Å²) >= 11 is 0. The Balaban J connectivity index is 1.66. The summed E-state index contributed by atoms with van der Waals surface area (Å²) in [6, 6.07) is 11.9. The fraction of sp³-hybridized carbons (Fsp3) is 0.500. The summed E-state index contributed by atoms with van der Waals surface area (Å²) in [4.78, 5) is 29.3. The third-order valence-corrected chi connectivity index (χ3v) is 5.75. The number of likely N-dealkylation sites (N-methyl/N-ethyl adjacent to an activating group) is 1. The minimum Gasteiger partial charge on any atom is -0.354 e. The number of nitrogens with zero attached hydrogens (tertiary/aromatic N) is 5. The Kier molecular flexibility index (Phi) is 5.86. The van der Waals surface area contributed by atoms with Crippen LogP contribution in [0.5, 0.6) is 0 Å². The van der Waals surface area contributed by atoms with Crippen molar-refractivity contribution in [2.24, 2.45) is 0 Å². The molecular weight excluding hydrogens is 350 g/mol. The van der Waals surface area contributed by atoms with Crippen molar-refractivity contribution in [2.75, 3.05) is 50.7 Å². The molecule has 4 rings (SSSR count). The van der Waals surface area contributed by atoms with Crippen molar-refractivity contribution < 1.29 is 4.79 Å². The standard InChI is InChI=1S/C22H29N5O/c1-2-25-13-15-26(16-14-25)20-17-19(22(28)27-11-7-4-8-12-27)23-21(24-20)18-9-5-3-6-10-18/h3,5-6,9-10,17H,2,4,7-8,11-16H2,1H3. The van der Waals surface area contributed by atoms with Gasteiger partial charge in [0, 0.05) is 50.9 Å². The second kappa shape index (κ2) is 8.69. The monoisotopic (exact) mass is 379 g/mol. The van der Waals surface area contributed by atoms with Gasteiger partial charge in [0.05, 0.1) is 0 Å². The summed E-state index contributed by atoms with van der Waals surface area (Å²) in [6.45, 7) is 8.83. The van der Waals surface area contributed by atoms with Gasteiger partial charge in [0.25, 0.3) is 5.91 Å². The quantitative estimate of drug-likeness (QED) is 0.818. The molecule has 2 fully saturated rings. The van der Waals surface area contributed by atoms with Crippen LogP contribution in [0, 0.1) is 0 Å². The molecule has 6 nitrogen and oxygen atoms in total. The Morgan fingerprint density at radius 2 is 1.64 bits per heavy atom. The lowest BCUT2D eigenvalue weighted by Gasteiger charge is -2.35. The second-order valence-corrected chi connectivity index (χ2v) is 7.58. The first kappa shape index (κ1) is 18.9. The average molecular weight is 380 g/mol. The molecule has 1 amide bonds. The van der Waals surface area contributed by atoms with Crippen LogP contribution in [-0.4, -0.2) is 71.5 Å². The lowest BCUT2D eigenvalue weighted by molar-refractivity contribution is 0.0718. The number of rotatable bonds is 4. The maximum atomic E-state index is 13.1. The van der Waals surface area contributed by atoms with Crippen molar-refractivity contribution in [3.8, 4) is 11.4 Å². The maximum absolute atomic E-state index is 13.1. The van der Waals surface area contributed by atoms with Gasteiger partial charge in [0.2, 0.25) is 0 Å². The highest BCUT2D eigenvalue weighted by molar-refractivity contribution is 5.93. The van der Waals surface area contributed by atoms with Crippen LogP contribution in [0.15, 0.2) is 36.4 Å². The SMILES string of the molecule is CCN1CCN(c2cc(C(=O)N3CCCCC3)nc(-c3ccccc3)n2)CC1. The number of aromatic nitrogens is 2. The van der Waals surface area contributed by atoms with E-state index in [2.05, 4.69) is 21.7 Å². The highest BCUT2D eigenvalue weighted by atomic mass is 16.2. The van der Waals surface area contributed by atoms with Crippen LogP contribution in [0.3, 0.4) is 0 Å². The van der Waals surface area contributed by atoms with E-state index in [0.29, 0.717) is 11.5 Å². The molecule has 0 radical (unpaired) electrons. The van der Waals surface area contributed by atoms with Gasteiger partial charge in [0.1, 0.15) is 11.5 Å². The van der Waals surface area contributed by atoms with Crippen molar-refractivity contribution in [2.45, 2.75) is 26.2 Å². The number of amides is 1. The smallest absolute Gasteiger partial charge is 0.272 e. The van der Waals surface area contributed by atoms with E-state index in [1.165, 1.54) is 6.42 Å². The third-order valence-electron chi connectivity index (χ3n) is 5.75. The molecule has 2 saturated heterocycles. The zero-order valence-electron chi connectivity index (χ0n) is 16.7. The first-order valence-electron chi connectivity index (χ1n) is 10.5. The van der Waals surface area contributed by atoms with E-state index in [1.54, 1.807) is 0 Å². The van der Waals surface area contributed by atoms with E-state index in [0.717, 1.165) is 70.0 Å². The van der Waals surface area contributed by atoms with E-state index in [1.807, 2.05) is 41.3 Å². The molecule has 0 bridgehead atoms. The molecule has 6 heteroatoms. The molecule has 0 saturated carbocycles. The van der Waals surface area contributed by atoms with Gasteiger partial charge in [-0.2, -0.15) is 0 Å². The molecule has 0 atom stereocenters. The van der Waals surface area contributed by atoms with Gasteiger partial charge in [-0.1, -0.05) is 37.3 Å². The van der Waals surface area contributed by atoms with E-state index in [9.17, 15) is 4.79 Å². The normalized spacial score (nSPS) is 18.3. The Hall–Kier alpha value is -2.47. The van der Waals surface area contributed by atoms with E-state index < -0.39 is 0 Å². The zero-order chi connectivity index (χ0) is 19.3. The molecule has 2 aromatic rings. The Morgan fingerprint density at radius 3 is 2.32 bits per heavy atom. The summed E-state index contributed by atoms with van der Waals surface area (Å²) in [6.07, 6.45) is 3.36. The summed E-state index contributed by atoms with van der Waals surface area (Å²) in [5.74, 6) is 1.54. The first-order chi connectivity index (χ1) is 13.7. The largest absolute Gasteiger partial charge is 0.354 e. The van der Waals surface area contributed by atoms with Gasteiger partial charge in [-0.05, 0) is 25.8 Å². The second-order valence-electron chi connectivity index (χ2n) is 7.58. The Labute approximate surface area is 167 Å². The number of carbonyl (C=O) groups excluding carboxylic acids is 1. The van der Waals surface area contributed by atoms with Gasteiger partial charge in [-0.25, -0.2) is 9.97 Å². The van der Waals surface area contributed by atoms with Gasteiger partial charge < -0.3 is 14.7 Å². The summed E-state index contributed by atoms with van der Waals surface area (Å²) in [5, 5.41) is 0. The summed E-state index contributed by atoms with van der Waals surface area (Å²) < 4.78 is 0. The van der Waals surface area contributed by atoms with Crippen LogP contribution in [0.2, 0.25) is 0 Å². The topological polar surface area (TPSA) is 52.6 Å². The minimum absolute atomic E-state index is 0.0349. The number of anilines is 1. The number of benzene rings is 1. The van der Waals surface area contributed by atoms with Crippen molar-refractivity contribution in [3.05, 3.63) is 42.1 Å². The maximum Gasteiger partial charge on any atom is 0.272 e. The molecule has 0 aliphatic carbocycles. The Morgan fingerprint density at radius 1 is 0.929 bits per heavy atom. The van der Waals surface area contributed by atoms with Gasteiger partial charge in [0.15, 0.2) is 5.82 Å². The van der Waals surface area contributed by atoms with Crippen LogP contribution < -0.4 is 4.90 Å². The number of hydrogen-bond acceptors (Lipinski definition) is 5. The first-order valence-corrected chi connectivity index (χ1v) is 10.5. The molecule has 28 heavy (non-hydrogen) atoms. The summed E-state index contributed by atoms with van der Waals surface area (Å²) in [7, 11) is 0.